The Bertz CT molecular complexity index is 1300. The molecule has 3 aromatic rings. The second-order valence-corrected chi connectivity index (χ2v) is 9.40. The normalized spacial score (nSPS) is 13.4. The van der Waals surface area contributed by atoms with Gasteiger partial charge in [0.15, 0.2) is 9.84 Å². The zero-order valence-electron chi connectivity index (χ0n) is 16.2. The standard InChI is InChI=1S/C22H20O6S/c1-13-6-7-17(29(2,25)26)11-18(13)22(24)27-12-16-10-21(23)28-20-9-15-5-3-4-14(15)8-19(16)20/h6-11H,3-5,12H2,1-2H3. The van der Waals surface area contributed by atoms with E-state index in [0.29, 0.717) is 16.7 Å². The molecule has 0 atom stereocenters. The summed E-state index contributed by atoms with van der Waals surface area (Å²) in [5, 5.41) is 0.750. The molecule has 1 aromatic heterocycles. The SMILES string of the molecule is Cc1ccc(S(C)(=O)=O)cc1C(=O)OCc1cc(=O)oc2cc3c(cc12)CCC3. The second kappa shape index (κ2) is 7.15. The number of fused-ring (bicyclic) bond motifs is 2. The Morgan fingerprint density at radius 3 is 2.55 bits per heavy atom. The van der Waals surface area contributed by atoms with Crippen LogP contribution in [-0.4, -0.2) is 20.6 Å². The maximum Gasteiger partial charge on any atom is 0.338 e. The van der Waals surface area contributed by atoms with Crippen molar-refractivity contribution in [1.82, 2.24) is 0 Å². The van der Waals surface area contributed by atoms with Gasteiger partial charge >= 0.3 is 11.6 Å². The van der Waals surface area contributed by atoms with E-state index in [0.717, 1.165) is 30.9 Å². The van der Waals surface area contributed by atoms with Crippen LogP contribution < -0.4 is 5.63 Å². The molecule has 0 fully saturated rings. The van der Waals surface area contributed by atoms with Crippen molar-refractivity contribution < 1.29 is 22.4 Å². The van der Waals surface area contributed by atoms with Crippen LogP contribution in [0.15, 0.2) is 50.5 Å². The first kappa shape index (κ1) is 19.4. The molecule has 0 unspecified atom stereocenters. The number of sulfone groups is 1. The van der Waals surface area contributed by atoms with Gasteiger partial charge < -0.3 is 9.15 Å². The van der Waals surface area contributed by atoms with Crippen LogP contribution in [0.4, 0.5) is 0 Å². The van der Waals surface area contributed by atoms with E-state index < -0.39 is 21.4 Å². The predicted octanol–water partition coefficient (Wildman–Crippen LogP) is 3.35. The Balaban J connectivity index is 1.65. The van der Waals surface area contributed by atoms with E-state index >= 15 is 0 Å². The lowest BCUT2D eigenvalue weighted by Crippen LogP contribution is -2.10. The Hall–Kier alpha value is -2.93. The van der Waals surface area contributed by atoms with Crippen molar-refractivity contribution >= 4 is 26.8 Å². The van der Waals surface area contributed by atoms with Crippen molar-refractivity contribution in [3.8, 4) is 0 Å². The van der Waals surface area contributed by atoms with Crippen LogP contribution >= 0.6 is 0 Å². The van der Waals surface area contributed by atoms with Gasteiger partial charge in [0.25, 0.3) is 0 Å². The highest BCUT2D eigenvalue weighted by Gasteiger charge is 2.18. The molecule has 0 N–H and O–H groups in total. The number of benzene rings is 2. The predicted molar refractivity (Wildman–Crippen MR) is 108 cm³/mol. The minimum absolute atomic E-state index is 0.0522. The highest BCUT2D eigenvalue weighted by molar-refractivity contribution is 7.90. The third-order valence-corrected chi connectivity index (χ3v) is 6.37. The van der Waals surface area contributed by atoms with Gasteiger partial charge in [0.2, 0.25) is 0 Å². The number of carbonyl (C=O) groups excluding carboxylic acids is 1. The number of rotatable bonds is 4. The van der Waals surface area contributed by atoms with E-state index in [1.54, 1.807) is 13.0 Å². The zero-order chi connectivity index (χ0) is 20.8. The molecule has 0 saturated carbocycles. The molecule has 0 radical (unpaired) electrons. The number of aryl methyl sites for hydroxylation is 3. The molecular formula is C22H20O6S. The topological polar surface area (TPSA) is 90.6 Å². The number of hydrogen-bond acceptors (Lipinski definition) is 6. The summed E-state index contributed by atoms with van der Waals surface area (Å²) in [5.41, 5.74) is 3.74. The van der Waals surface area contributed by atoms with Gasteiger partial charge in [-0.3, -0.25) is 0 Å². The molecule has 4 rings (SSSR count). The van der Waals surface area contributed by atoms with Gasteiger partial charge in [-0.15, -0.1) is 0 Å². The van der Waals surface area contributed by atoms with Gasteiger partial charge in [0.1, 0.15) is 12.2 Å². The summed E-state index contributed by atoms with van der Waals surface area (Å²) in [4.78, 5) is 24.6. The van der Waals surface area contributed by atoms with E-state index in [-0.39, 0.29) is 17.1 Å². The number of ether oxygens (including phenoxy) is 1. The zero-order valence-corrected chi connectivity index (χ0v) is 17.0. The molecule has 1 aliphatic carbocycles. The molecule has 0 aliphatic heterocycles. The summed E-state index contributed by atoms with van der Waals surface area (Å²) in [6.45, 7) is 1.60. The van der Waals surface area contributed by atoms with Crippen molar-refractivity contribution in [1.29, 1.82) is 0 Å². The van der Waals surface area contributed by atoms with E-state index in [9.17, 15) is 18.0 Å². The van der Waals surface area contributed by atoms with Crippen LogP contribution in [-0.2, 0) is 34.0 Å². The molecule has 0 saturated heterocycles. The van der Waals surface area contributed by atoms with E-state index in [1.807, 2.05) is 12.1 Å². The quantitative estimate of drug-likeness (QED) is 0.482. The molecule has 7 heteroatoms. The lowest BCUT2D eigenvalue weighted by molar-refractivity contribution is 0.0472. The lowest BCUT2D eigenvalue weighted by atomic mass is 10.0. The molecular weight excluding hydrogens is 392 g/mol. The fraction of sp³-hybridized carbons (Fsp3) is 0.273. The summed E-state index contributed by atoms with van der Waals surface area (Å²) in [6.07, 6.45) is 4.09. The fourth-order valence-electron chi connectivity index (χ4n) is 3.69. The first-order valence-corrected chi connectivity index (χ1v) is 11.2. The molecule has 0 amide bonds. The van der Waals surface area contributed by atoms with Crippen molar-refractivity contribution in [2.75, 3.05) is 6.26 Å². The first-order chi connectivity index (χ1) is 13.7. The summed E-state index contributed by atoms with van der Waals surface area (Å²) in [7, 11) is -3.44. The van der Waals surface area contributed by atoms with Gasteiger partial charge in [-0.05, 0) is 67.1 Å². The smallest absolute Gasteiger partial charge is 0.338 e. The van der Waals surface area contributed by atoms with Gasteiger partial charge in [0.05, 0.1) is 10.5 Å². The third kappa shape index (κ3) is 3.82. The van der Waals surface area contributed by atoms with Crippen LogP contribution in [0.3, 0.4) is 0 Å². The van der Waals surface area contributed by atoms with Gasteiger partial charge in [-0.1, -0.05) is 6.07 Å². The summed E-state index contributed by atoms with van der Waals surface area (Å²) in [6, 6.07) is 9.57. The lowest BCUT2D eigenvalue weighted by Gasteiger charge is -2.11. The van der Waals surface area contributed by atoms with Crippen LogP contribution in [0.1, 0.15) is 39.0 Å². The summed E-state index contributed by atoms with van der Waals surface area (Å²) >= 11 is 0. The highest BCUT2D eigenvalue weighted by atomic mass is 32.2. The average molecular weight is 412 g/mol. The fourth-order valence-corrected chi connectivity index (χ4v) is 4.33. The minimum Gasteiger partial charge on any atom is -0.457 e. The minimum atomic E-state index is -3.44. The average Bonchev–Trinajstić information content (AvgIpc) is 3.10. The van der Waals surface area contributed by atoms with E-state index in [4.69, 9.17) is 9.15 Å². The van der Waals surface area contributed by atoms with Crippen LogP contribution in [0.25, 0.3) is 11.0 Å². The van der Waals surface area contributed by atoms with Gasteiger partial charge in [-0.25, -0.2) is 18.0 Å². The molecule has 6 nitrogen and oxygen atoms in total. The Morgan fingerprint density at radius 2 is 1.83 bits per heavy atom. The molecule has 1 aliphatic rings. The summed E-state index contributed by atoms with van der Waals surface area (Å²) in [5.74, 6) is -0.643. The largest absolute Gasteiger partial charge is 0.457 e. The van der Waals surface area contributed by atoms with Crippen LogP contribution in [0.5, 0.6) is 0 Å². The van der Waals surface area contributed by atoms with Gasteiger partial charge in [-0.2, -0.15) is 0 Å². The molecule has 0 bridgehead atoms. The van der Waals surface area contributed by atoms with Crippen molar-refractivity contribution in [2.24, 2.45) is 0 Å². The Kier molecular flexibility index (Phi) is 4.78. The Labute approximate surface area is 168 Å². The number of esters is 1. The molecule has 1 heterocycles. The highest BCUT2D eigenvalue weighted by Crippen LogP contribution is 2.29. The van der Waals surface area contributed by atoms with E-state index in [1.165, 1.54) is 29.3 Å². The van der Waals surface area contributed by atoms with Crippen LogP contribution in [0.2, 0.25) is 0 Å². The molecule has 150 valence electrons. The van der Waals surface area contributed by atoms with Crippen molar-refractivity contribution in [2.45, 2.75) is 37.7 Å². The van der Waals surface area contributed by atoms with Crippen molar-refractivity contribution in [3.63, 3.8) is 0 Å². The monoisotopic (exact) mass is 412 g/mol. The third-order valence-electron chi connectivity index (χ3n) is 5.26. The molecule has 0 spiro atoms. The number of hydrogen-bond donors (Lipinski definition) is 0. The Morgan fingerprint density at radius 1 is 1.10 bits per heavy atom. The number of carbonyl (C=O) groups is 1. The second-order valence-electron chi connectivity index (χ2n) is 7.39. The maximum atomic E-state index is 12.6. The summed E-state index contributed by atoms with van der Waals surface area (Å²) < 4.78 is 34.3. The van der Waals surface area contributed by atoms with Crippen LogP contribution in [0, 0.1) is 6.92 Å². The first-order valence-electron chi connectivity index (χ1n) is 9.29. The molecule has 2 aromatic carbocycles. The van der Waals surface area contributed by atoms with Gasteiger partial charge in [0, 0.05) is 23.3 Å². The van der Waals surface area contributed by atoms with E-state index in [2.05, 4.69) is 0 Å². The maximum absolute atomic E-state index is 12.6. The van der Waals surface area contributed by atoms with Crippen molar-refractivity contribution in [3.05, 3.63) is 74.6 Å². The molecule has 29 heavy (non-hydrogen) atoms.